The number of hydrogen-bond acceptors (Lipinski definition) is 3. The van der Waals surface area contributed by atoms with Crippen LogP contribution in [0.2, 0.25) is 0 Å². The molecule has 1 aliphatic carbocycles. The maximum atomic E-state index is 12.7. The lowest BCUT2D eigenvalue weighted by atomic mass is 9.87. The minimum absolute atomic E-state index is 0.0591. The van der Waals surface area contributed by atoms with Crippen molar-refractivity contribution >= 4 is 23.2 Å². The number of aryl methyl sites for hydroxylation is 1. The van der Waals surface area contributed by atoms with E-state index in [2.05, 4.69) is 25.2 Å². The standard InChI is InChI=1S/C19H28N2O2S/c1-13(2)12-20-18(22)14-6-7-16-15(10-14)11-17(24-16)19(23)21-8-4-3-5-9-21/h11,13-14H,3-10,12H2,1-2H3,(H,20,22)/t14-/m0/s1. The van der Waals surface area contributed by atoms with Crippen molar-refractivity contribution in [2.75, 3.05) is 19.6 Å². The third-order valence-corrected chi connectivity index (χ3v) is 6.22. The first-order valence-electron chi connectivity index (χ1n) is 9.23. The molecule has 4 nitrogen and oxygen atoms in total. The van der Waals surface area contributed by atoms with Gasteiger partial charge in [-0.15, -0.1) is 11.3 Å². The molecule has 0 radical (unpaired) electrons. The second-order valence-electron chi connectivity index (χ2n) is 7.49. The van der Waals surface area contributed by atoms with Crippen molar-refractivity contribution in [3.05, 3.63) is 21.4 Å². The van der Waals surface area contributed by atoms with Crippen molar-refractivity contribution in [1.82, 2.24) is 10.2 Å². The number of nitrogens with zero attached hydrogens (tertiary/aromatic N) is 1. The van der Waals surface area contributed by atoms with Gasteiger partial charge in [0.05, 0.1) is 4.88 Å². The molecule has 132 valence electrons. The van der Waals surface area contributed by atoms with Crippen LogP contribution in [-0.4, -0.2) is 36.3 Å². The summed E-state index contributed by atoms with van der Waals surface area (Å²) in [6.45, 7) is 6.74. The van der Waals surface area contributed by atoms with Gasteiger partial charge in [-0.05, 0) is 56.1 Å². The minimum atomic E-state index is 0.0591. The highest BCUT2D eigenvalue weighted by atomic mass is 32.1. The lowest BCUT2D eigenvalue weighted by molar-refractivity contribution is -0.125. The quantitative estimate of drug-likeness (QED) is 0.908. The van der Waals surface area contributed by atoms with Crippen LogP contribution in [0.5, 0.6) is 0 Å². The fourth-order valence-corrected chi connectivity index (χ4v) is 4.73. The summed E-state index contributed by atoms with van der Waals surface area (Å²) in [4.78, 5) is 29.2. The van der Waals surface area contributed by atoms with Gasteiger partial charge < -0.3 is 10.2 Å². The Labute approximate surface area is 148 Å². The summed E-state index contributed by atoms with van der Waals surface area (Å²) in [7, 11) is 0. The van der Waals surface area contributed by atoms with Gasteiger partial charge in [-0.3, -0.25) is 9.59 Å². The van der Waals surface area contributed by atoms with Crippen LogP contribution >= 0.6 is 11.3 Å². The van der Waals surface area contributed by atoms with Crippen LogP contribution in [0.15, 0.2) is 6.07 Å². The van der Waals surface area contributed by atoms with E-state index in [1.54, 1.807) is 11.3 Å². The van der Waals surface area contributed by atoms with Crippen molar-refractivity contribution in [1.29, 1.82) is 0 Å². The van der Waals surface area contributed by atoms with Crippen molar-refractivity contribution < 1.29 is 9.59 Å². The van der Waals surface area contributed by atoms with Crippen molar-refractivity contribution in [3.8, 4) is 0 Å². The number of piperidine rings is 1. The maximum absolute atomic E-state index is 12.7. The monoisotopic (exact) mass is 348 g/mol. The molecular formula is C19H28N2O2S. The van der Waals surface area contributed by atoms with Gasteiger partial charge >= 0.3 is 0 Å². The molecular weight excluding hydrogens is 320 g/mol. The normalized spacial score (nSPS) is 20.8. The van der Waals surface area contributed by atoms with Gasteiger partial charge in [-0.2, -0.15) is 0 Å². The second-order valence-corrected chi connectivity index (χ2v) is 8.63. The molecule has 1 fully saturated rings. The van der Waals surface area contributed by atoms with Crippen molar-refractivity contribution in [2.45, 2.75) is 52.4 Å². The van der Waals surface area contributed by atoms with Crippen LogP contribution in [0.1, 0.15) is 59.6 Å². The van der Waals surface area contributed by atoms with Gasteiger partial charge in [0.15, 0.2) is 0 Å². The topological polar surface area (TPSA) is 49.4 Å². The van der Waals surface area contributed by atoms with Gasteiger partial charge in [-0.25, -0.2) is 0 Å². The number of nitrogens with one attached hydrogen (secondary N) is 1. The second kappa shape index (κ2) is 7.68. The molecule has 2 heterocycles. The van der Waals surface area contributed by atoms with Gasteiger partial charge in [0.25, 0.3) is 5.91 Å². The predicted molar refractivity (Wildman–Crippen MR) is 97.4 cm³/mol. The first-order valence-corrected chi connectivity index (χ1v) is 10.0. The van der Waals surface area contributed by atoms with E-state index in [9.17, 15) is 9.59 Å². The molecule has 1 aliphatic heterocycles. The van der Waals surface area contributed by atoms with E-state index in [0.29, 0.717) is 5.92 Å². The van der Waals surface area contributed by atoms with Gasteiger partial charge in [0, 0.05) is 30.4 Å². The largest absolute Gasteiger partial charge is 0.356 e. The number of thiophene rings is 1. The summed E-state index contributed by atoms with van der Waals surface area (Å²) in [5.74, 6) is 0.895. The van der Waals surface area contributed by atoms with Crippen LogP contribution < -0.4 is 5.32 Å². The van der Waals surface area contributed by atoms with Crippen LogP contribution in [0.3, 0.4) is 0 Å². The highest BCUT2D eigenvalue weighted by molar-refractivity contribution is 7.14. The zero-order chi connectivity index (χ0) is 17.1. The Bertz CT molecular complexity index is 603. The molecule has 2 aliphatic rings. The summed E-state index contributed by atoms with van der Waals surface area (Å²) in [6, 6.07) is 2.05. The molecule has 0 spiro atoms. The van der Waals surface area contributed by atoms with Crippen LogP contribution in [0, 0.1) is 11.8 Å². The Balaban J connectivity index is 1.64. The summed E-state index contributed by atoms with van der Waals surface area (Å²) < 4.78 is 0. The molecule has 5 heteroatoms. The fraction of sp³-hybridized carbons (Fsp3) is 0.684. The molecule has 1 aromatic heterocycles. The summed E-state index contributed by atoms with van der Waals surface area (Å²) in [5, 5.41) is 3.05. The highest BCUT2D eigenvalue weighted by Crippen LogP contribution is 2.33. The summed E-state index contributed by atoms with van der Waals surface area (Å²) >= 11 is 1.65. The van der Waals surface area contributed by atoms with Gasteiger partial charge in [0.2, 0.25) is 5.91 Å². The molecule has 0 aromatic carbocycles. The van der Waals surface area contributed by atoms with E-state index in [0.717, 1.165) is 56.6 Å². The number of rotatable bonds is 4. The van der Waals surface area contributed by atoms with E-state index >= 15 is 0 Å². The van der Waals surface area contributed by atoms with Crippen molar-refractivity contribution in [2.24, 2.45) is 11.8 Å². The molecule has 1 N–H and O–H groups in total. The Hall–Kier alpha value is -1.36. The SMILES string of the molecule is CC(C)CNC(=O)[C@H]1CCc2sc(C(=O)N3CCCCC3)cc2C1. The van der Waals surface area contributed by atoms with Crippen LogP contribution in [0.25, 0.3) is 0 Å². The number of fused-ring (bicyclic) bond motifs is 1. The third kappa shape index (κ3) is 4.00. The first-order chi connectivity index (χ1) is 11.5. The number of hydrogen-bond donors (Lipinski definition) is 1. The third-order valence-electron chi connectivity index (χ3n) is 4.99. The fourth-order valence-electron chi connectivity index (χ4n) is 3.55. The lowest BCUT2D eigenvalue weighted by Crippen LogP contribution is -2.35. The Morgan fingerprint density at radius 3 is 2.75 bits per heavy atom. The van der Waals surface area contributed by atoms with E-state index in [4.69, 9.17) is 0 Å². The summed E-state index contributed by atoms with van der Waals surface area (Å²) in [5.41, 5.74) is 1.22. The van der Waals surface area contributed by atoms with E-state index in [1.807, 2.05) is 4.90 Å². The molecule has 3 rings (SSSR count). The number of carbonyl (C=O) groups is 2. The minimum Gasteiger partial charge on any atom is -0.356 e. The van der Waals surface area contributed by atoms with Crippen molar-refractivity contribution in [3.63, 3.8) is 0 Å². The van der Waals surface area contributed by atoms with Gasteiger partial charge in [0.1, 0.15) is 0 Å². The smallest absolute Gasteiger partial charge is 0.263 e. The molecule has 1 atom stereocenters. The Morgan fingerprint density at radius 2 is 2.04 bits per heavy atom. The highest BCUT2D eigenvalue weighted by Gasteiger charge is 2.28. The molecule has 1 aromatic rings. The molecule has 24 heavy (non-hydrogen) atoms. The number of carbonyl (C=O) groups excluding carboxylic acids is 2. The number of amides is 2. The van der Waals surface area contributed by atoms with Crippen LogP contribution in [0.4, 0.5) is 0 Å². The van der Waals surface area contributed by atoms with Crippen LogP contribution in [-0.2, 0) is 17.6 Å². The Kier molecular flexibility index (Phi) is 5.59. The maximum Gasteiger partial charge on any atom is 0.263 e. The number of likely N-dealkylation sites (tertiary alicyclic amines) is 1. The average molecular weight is 349 g/mol. The summed E-state index contributed by atoms with van der Waals surface area (Å²) in [6.07, 6.45) is 6.08. The lowest BCUT2D eigenvalue weighted by Gasteiger charge is -2.26. The predicted octanol–water partition coefficient (Wildman–Crippen LogP) is 3.25. The zero-order valence-corrected chi connectivity index (χ0v) is 15.6. The first kappa shape index (κ1) is 17.5. The van der Waals surface area contributed by atoms with Gasteiger partial charge in [-0.1, -0.05) is 13.8 Å². The molecule has 1 saturated heterocycles. The average Bonchev–Trinajstić information content (AvgIpc) is 3.02. The molecule has 0 saturated carbocycles. The molecule has 2 amide bonds. The molecule has 0 unspecified atom stereocenters. The van der Waals surface area contributed by atoms with E-state index < -0.39 is 0 Å². The Morgan fingerprint density at radius 1 is 1.29 bits per heavy atom. The molecule has 0 bridgehead atoms. The van der Waals surface area contributed by atoms with E-state index in [-0.39, 0.29) is 17.7 Å². The van der Waals surface area contributed by atoms with E-state index in [1.165, 1.54) is 16.9 Å². The zero-order valence-electron chi connectivity index (χ0n) is 14.8.